The average Bonchev–Trinajstić information content (AvgIpc) is 2.85. The van der Waals surface area contributed by atoms with E-state index in [4.69, 9.17) is 0 Å². The van der Waals surface area contributed by atoms with E-state index in [-0.39, 0.29) is 11.7 Å². The Kier molecular flexibility index (Phi) is 2.47. The summed E-state index contributed by atoms with van der Waals surface area (Å²) in [7, 11) is 0. The van der Waals surface area contributed by atoms with Crippen LogP contribution in [0.25, 0.3) is 11.0 Å². The maximum absolute atomic E-state index is 13.4. The first-order valence-corrected chi connectivity index (χ1v) is 6.60. The number of carbonyl (C=O) groups is 1. The summed E-state index contributed by atoms with van der Waals surface area (Å²) in [5.41, 5.74) is 2.09. The summed E-state index contributed by atoms with van der Waals surface area (Å²) in [4.78, 5) is 17.0. The number of para-hydroxylation sites is 2. The summed E-state index contributed by atoms with van der Waals surface area (Å²) < 4.78 is 15.0. The van der Waals surface area contributed by atoms with Crippen molar-refractivity contribution in [1.29, 1.82) is 0 Å². The molecule has 5 heteroatoms. The van der Waals surface area contributed by atoms with Crippen LogP contribution in [0.2, 0.25) is 0 Å². The van der Waals surface area contributed by atoms with Crippen LogP contribution in [-0.4, -0.2) is 10.9 Å². The van der Waals surface area contributed by atoms with Gasteiger partial charge in [0.15, 0.2) is 5.52 Å². The predicted molar refractivity (Wildman–Crippen MR) is 75.3 cm³/mol. The van der Waals surface area contributed by atoms with Gasteiger partial charge in [-0.3, -0.25) is 5.32 Å². The number of rotatable bonds is 1. The van der Waals surface area contributed by atoms with E-state index in [0.717, 1.165) is 11.0 Å². The van der Waals surface area contributed by atoms with Gasteiger partial charge in [0.05, 0.1) is 0 Å². The molecular weight excluding hydrogens is 269 g/mol. The van der Waals surface area contributed by atoms with Crippen LogP contribution in [0.5, 0.6) is 0 Å². The second kappa shape index (κ2) is 4.34. The molecule has 1 aliphatic heterocycles. The fraction of sp³-hybridized carbons (Fsp3) is 0.0625. The van der Waals surface area contributed by atoms with E-state index in [1.54, 1.807) is 22.9 Å². The molecule has 0 spiro atoms. The molecule has 0 aliphatic carbocycles. The number of halogens is 1. The number of anilines is 1. The average molecular weight is 280 g/mol. The summed E-state index contributed by atoms with van der Waals surface area (Å²) in [5, 5.41) is 3.10. The molecule has 0 fully saturated rings. The van der Waals surface area contributed by atoms with Crippen molar-refractivity contribution in [3.8, 4) is 0 Å². The highest BCUT2D eigenvalue weighted by molar-refractivity contribution is 5.87. The lowest BCUT2D eigenvalue weighted by Crippen LogP contribution is -2.41. The third-order valence-electron chi connectivity index (χ3n) is 3.63. The number of benzene rings is 2. The van der Waals surface area contributed by atoms with Crippen LogP contribution in [0.4, 0.5) is 10.2 Å². The standard InChI is InChI=1S/C16H10FN3O/c17-11-5-3-4-10(8-11)15-16(21)20-13-7-2-1-6-12(13)18-9-14(20)19-15/h1-9,15H/p+1. The second-order valence-electron chi connectivity index (χ2n) is 4.94. The van der Waals surface area contributed by atoms with E-state index in [9.17, 15) is 9.18 Å². The van der Waals surface area contributed by atoms with Gasteiger partial charge in [-0.2, -0.15) is 4.57 Å². The maximum atomic E-state index is 13.4. The number of nitrogens with one attached hydrogen (secondary N) is 1. The van der Waals surface area contributed by atoms with Crippen LogP contribution in [0, 0.1) is 5.82 Å². The number of nitrogens with zero attached hydrogens (tertiary/aromatic N) is 2. The number of hydrogen-bond acceptors (Lipinski definition) is 3. The smallest absolute Gasteiger partial charge is 0.254 e. The lowest BCUT2D eigenvalue weighted by atomic mass is 10.1. The van der Waals surface area contributed by atoms with Gasteiger partial charge in [-0.15, -0.1) is 0 Å². The Balaban J connectivity index is 1.87. The van der Waals surface area contributed by atoms with Crippen molar-refractivity contribution < 1.29 is 13.8 Å². The molecule has 1 N–H and O–H groups in total. The maximum Gasteiger partial charge on any atom is 0.364 e. The number of hydrogen-bond donors (Lipinski definition) is 1. The molecule has 1 aliphatic rings. The number of aromatic nitrogens is 2. The van der Waals surface area contributed by atoms with Crippen molar-refractivity contribution in [1.82, 2.24) is 4.98 Å². The van der Waals surface area contributed by atoms with Crippen molar-refractivity contribution in [3.63, 3.8) is 0 Å². The number of carbonyl (C=O) groups excluding carboxylic acids is 1. The molecule has 102 valence electrons. The quantitative estimate of drug-likeness (QED) is 0.696. The molecular formula is C16H11FN3O+. The van der Waals surface area contributed by atoms with Gasteiger partial charge in [0, 0.05) is 5.56 Å². The van der Waals surface area contributed by atoms with Crippen molar-refractivity contribution in [2.75, 3.05) is 5.32 Å². The summed E-state index contributed by atoms with van der Waals surface area (Å²) >= 11 is 0. The molecule has 0 radical (unpaired) electrons. The molecule has 1 atom stereocenters. The van der Waals surface area contributed by atoms with Gasteiger partial charge in [0.1, 0.15) is 17.5 Å². The van der Waals surface area contributed by atoms with E-state index in [2.05, 4.69) is 10.3 Å². The van der Waals surface area contributed by atoms with E-state index in [1.807, 2.05) is 24.3 Å². The SMILES string of the molecule is O=C1C(c2cccc(F)c2)Nc2cnc3ccccc3[n+]21. The molecule has 4 rings (SSSR count). The third-order valence-corrected chi connectivity index (χ3v) is 3.63. The van der Waals surface area contributed by atoms with Gasteiger partial charge in [-0.05, 0) is 24.3 Å². The fourth-order valence-electron chi connectivity index (χ4n) is 2.67. The van der Waals surface area contributed by atoms with E-state index in [1.165, 1.54) is 12.1 Å². The van der Waals surface area contributed by atoms with Crippen molar-refractivity contribution >= 4 is 22.8 Å². The zero-order valence-corrected chi connectivity index (χ0v) is 11.0. The molecule has 0 saturated heterocycles. The minimum atomic E-state index is -0.590. The predicted octanol–water partition coefficient (Wildman–Crippen LogP) is 2.47. The third kappa shape index (κ3) is 1.78. The van der Waals surface area contributed by atoms with Crippen LogP contribution < -0.4 is 9.88 Å². The molecule has 3 aromatic rings. The first-order chi connectivity index (χ1) is 10.2. The fourth-order valence-corrected chi connectivity index (χ4v) is 2.67. The van der Waals surface area contributed by atoms with Crippen molar-refractivity contribution in [2.45, 2.75) is 6.04 Å². The lowest BCUT2D eigenvalue weighted by molar-refractivity contribution is -0.524. The Morgan fingerprint density at radius 3 is 2.86 bits per heavy atom. The molecule has 0 bridgehead atoms. The summed E-state index contributed by atoms with van der Waals surface area (Å²) in [6, 6.07) is 12.9. The zero-order chi connectivity index (χ0) is 14.4. The largest absolute Gasteiger partial charge is 0.364 e. The van der Waals surface area contributed by atoms with Gasteiger partial charge in [0.2, 0.25) is 6.04 Å². The summed E-state index contributed by atoms with van der Waals surface area (Å²) in [6.07, 6.45) is 1.62. The zero-order valence-electron chi connectivity index (χ0n) is 11.0. The molecule has 2 heterocycles. The topological polar surface area (TPSA) is 45.9 Å². The van der Waals surface area contributed by atoms with Crippen LogP contribution >= 0.6 is 0 Å². The molecule has 0 saturated carbocycles. The van der Waals surface area contributed by atoms with E-state index >= 15 is 0 Å². The Morgan fingerprint density at radius 1 is 1.14 bits per heavy atom. The Morgan fingerprint density at radius 2 is 2.00 bits per heavy atom. The van der Waals surface area contributed by atoms with Gasteiger partial charge >= 0.3 is 11.7 Å². The highest BCUT2D eigenvalue weighted by atomic mass is 19.1. The van der Waals surface area contributed by atoms with Crippen LogP contribution in [-0.2, 0) is 0 Å². The molecule has 0 amide bonds. The van der Waals surface area contributed by atoms with Crippen LogP contribution in [0.15, 0.2) is 54.7 Å². The monoisotopic (exact) mass is 280 g/mol. The van der Waals surface area contributed by atoms with E-state index < -0.39 is 6.04 Å². The second-order valence-corrected chi connectivity index (χ2v) is 4.94. The molecule has 2 aromatic carbocycles. The van der Waals surface area contributed by atoms with Gasteiger partial charge in [0.25, 0.3) is 0 Å². The van der Waals surface area contributed by atoms with Crippen LogP contribution in [0.1, 0.15) is 16.4 Å². The Hall–Kier alpha value is -2.82. The summed E-state index contributed by atoms with van der Waals surface area (Å²) in [5.74, 6) is 0.133. The van der Waals surface area contributed by atoms with E-state index in [0.29, 0.717) is 11.4 Å². The molecule has 1 unspecified atom stereocenters. The number of fused-ring (bicyclic) bond motifs is 3. The first kappa shape index (κ1) is 12.0. The van der Waals surface area contributed by atoms with Crippen LogP contribution in [0.3, 0.4) is 0 Å². The highest BCUT2D eigenvalue weighted by Crippen LogP contribution is 2.25. The Bertz CT molecular complexity index is 878. The summed E-state index contributed by atoms with van der Waals surface area (Å²) in [6.45, 7) is 0. The van der Waals surface area contributed by atoms with Crippen molar-refractivity contribution in [2.24, 2.45) is 0 Å². The van der Waals surface area contributed by atoms with Gasteiger partial charge in [-0.1, -0.05) is 24.3 Å². The highest BCUT2D eigenvalue weighted by Gasteiger charge is 2.40. The van der Waals surface area contributed by atoms with Gasteiger partial charge in [-0.25, -0.2) is 14.2 Å². The Labute approximate surface area is 119 Å². The molecule has 1 aromatic heterocycles. The molecule has 21 heavy (non-hydrogen) atoms. The van der Waals surface area contributed by atoms with Gasteiger partial charge < -0.3 is 0 Å². The minimum absolute atomic E-state index is 0.130. The minimum Gasteiger partial charge on any atom is -0.254 e. The first-order valence-electron chi connectivity index (χ1n) is 6.60. The lowest BCUT2D eigenvalue weighted by Gasteiger charge is -2.03. The normalized spacial score (nSPS) is 16.8. The van der Waals surface area contributed by atoms with Crippen molar-refractivity contribution in [3.05, 3.63) is 66.1 Å². The molecule has 4 nitrogen and oxygen atoms in total.